The molecule has 2 heterocycles. The number of rotatable bonds is 2. The van der Waals surface area contributed by atoms with Gasteiger partial charge in [-0.05, 0) is 31.9 Å². The average Bonchev–Trinajstić information content (AvgIpc) is 2.85. The number of thiophene rings is 1. The van der Waals surface area contributed by atoms with Crippen LogP contribution in [0.1, 0.15) is 34.3 Å². The number of carbonyl (C=O) groups is 1. The fourth-order valence-corrected chi connectivity index (χ4v) is 2.71. The third-order valence-electron chi connectivity index (χ3n) is 3.13. The fourth-order valence-electron chi connectivity index (χ4n) is 1.94. The van der Waals surface area contributed by atoms with E-state index >= 15 is 0 Å². The van der Waals surface area contributed by atoms with Crippen molar-refractivity contribution in [3.05, 3.63) is 21.9 Å². The van der Waals surface area contributed by atoms with Crippen LogP contribution in [0, 0.1) is 11.8 Å². The normalized spacial score (nSPS) is 17.4. The summed E-state index contributed by atoms with van der Waals surface area (Å²) in [5.74, 6) is 5.31. The maximum atomic E-state index is 12.2. The Kier molecular flexibility index (Phi) is 4.59. The lowest BCUT2D eigenvalue weighted by molar-refractivity contribution is 0.0424. The average molecular weight is 279 g/mol. The molecule has 0 aromatic carbocycles. The minimum absolute atomic E-state index is 0.0635. The van der Waals surface area contributed by atoms with Gasteiger partial charge in [0.05, 0.1) is 9.75 Å². The molecule has 0 unspecified atom stereocenters. The van der Waals surface area contributed by atoms with Gasteiger partial charge in [-0.15, -0.1) is 11.3 Å². The Morgan fingerprint density at radius 1 is 1.53 bits per heavy atom. The summed E-state index contributed by atoms with van der Waals surface area (Å²) in [7, 11) is 0. The van der Waals surface area contributed by atoms with Crippen LogP contribution in [0.4, 0.5) is 0 Å². The summed E-state index contributed by atoms with van der Waals surface area (Å²) in [6.07, 6.45) is 1.67. The fraction of sp³-hybridized carbons (Fsp3) is 0.500. The number of aliphatic hydroxyl groups is 1. The second kappa shape index (κ2) is 6.20. The quantitative estimate of drug-likeness (QED) is 0.804. The standard InChI is InChI=1S/C14H17NO3S/c1-14(6-9-18-10-7-14)15-13(17)12-5-4-11(19-12)3-2-8-16/h4-5,16H,6-10H2,1H3,(H,15,17). The monoisotopic (exact) mass is 279 g/mol. The third kappa shape index (κ3) is 3.80. The van der Waals surface area contributed by atoms with Gasteiger partial charge in [0.25, 0.3) is 5.91 Å². The SMILES string of the molecule is CC1(NC(=O)c2ccc(C#CCO)s2)CCOCC1. The lowest BCUT2D eigenvalue weighted by Crippen LogP contribution is -2.49. The highest BCUT2D eigenvalue weighted by molar-refractivity contribution is 7.14. The molecule has 1 fully saturated rings. The second-order valence-electron chi connectivity index (χ2n) is 4.75. The van der Waals surface area contributed by atoms with Gasteiger partial charge < -0.3 is 15.2 Å². The first-order valence-corrected chi connectivity index (χ1v) is 7.04. The molecule has 19 heavy (non-hydrogen) atoms. The van der Waals surface area contributed by atoms with E-state index < -0.39 is 0 Å². The van der Waals surface area contributed by atoms with E-state index in [2.05, 4.69) is 17.2 Å². The Bertz CT molecular complexity index is 506. The van der Waals surface area contributed by atoms with Crippen LogP contribution in [0.15, 0.2) is 12.1 Å². The molecule has 0 atom stereocenters. The highest BCUT2D eigenvalue weighted by Gasteiger charge is 2.29. The number of amides is 1. The van der Waals surface area contributed by atoms with Crippen LogP contribution in [0.3, 0.4) is 0 Å². The van der Waals surface area contributed by atoms with E-state index in [0.29, 0.717) is 18.1 Å². The van der Waals surface area contributed by atoms with Crippen LogP contribution in [-0.4, -0.2) is 36.4 Å². The maximum Gasteiger partial charge on any atom is 0.261 e. The minimum Gasteiger partial charge on any atom is -0.384 e. The van der Waals surface area contributed by atoms with Crippen LogP contribution in [0.5, 0.6) is 0 Å². The number of aliphatic hydroxyl groups excluding tert-OH is 1. The largest absolute Gasteiger partial charge is 0.384 e. The van der Waals surface area contributed by atoms with E-state index in [4.69, 9.17) is 9.84 Å². The molecule has 0 spiro atoms. The van der Waals surface area contributed by atoms with Crippen molar-refractivity contribution in [3.63, 3.8) is 0 Å². The van der Waals surface area contributed by atoms with Crippen LogP contribution in [0.2, 0.25) is 0 Å². The zero-order valence-corrected chi connectivity index (χ0v) is 11.7. The molecule has 0 bridgehead atoms. The zero-order valence-electron chi connectivity index (χ0n) is 10.9. The summed E-state index contributed by atoms with van der Waals surface area (Å²) in [5, 5.41) is 11.7. The molecule has 4 nitrogen and oxygen atoms in total. The summed E-state index contributed by atoms with van der Waals surface area (Å²) in [6, 6.07) is 3.57. The van der Waals surface area contributed by atoms with Gasteiger partial charge in [-0.3, -0.25) is 4.79 Å². The van der Waals surface area contributed by atoms with Crippen molar-refractivity contribution in [2.45, 2.75) is 25.3 Å². The third-order valence-corrected chi connectivity index (χ3v) is 4.13. The lowest BCUT2D eigenvalue weighted by Gasteiger charge is -2.34. The number of nitrogens with one attached hydrogen (secondary N) is 1. The van der Waals surface area contributed by atoms with Crippen LogP contribution in [-0.2, 0) is 4.74 Å². The summed E-state index contributed by atoms with van der Waals surface area (Å²) < 4.78 is 5.31. The van der Waals surface area contributed by atoms with E-state index in [-0.39, 0.29) is 18.1 Å². The Labute approximate surface area is 116 Å². The smallest absolute Gasteiger partial charge is 0.261 e. The molecule has 0 saturated carbocycles. The molecule has 1 aromatic rings. The number of ether oxygens (including phenoxy) is 1. The maximum absolute atomic E-state index is 12.2. The zero-order chi connectivity index (χ0) is 13.7. The summed E-state index contributed by atoms with van der Waals surface area (Å²) in [6.45, 7) is 3.26. The van der Waals surface area contributed by atoms with Gasteiger partial charge >= 0.3 is 0 Å². The van der Waals surface area contributed by atoms with Gasteiger partial charge in [0, 0.05) is 18.8 Å². The van der Waals surface area contributed by atoms with Crippen LogP contribution in [0.25, 0.3) is 0 Å². The van der Waals surface area contributed by atoms with Crippen molar-refractivity contribution >= 4 is 17.2 Å². The predicted molar refractivity (Wildman–Crippen MR) is 74.2 cm³/mol. The molecule has 1 aliphatic rings. The van der Waals surface area contributed by atoms with Crippen molar-refractivity contribution in [2.24, 2.45) is 0 Å². The van der Waals surface area contributed by atoms with Gasteiger partial charge in [-0.25, -0.2) is 0 Å². The molecule has 2 rings (SSSR count). The van der Waals surface area contributed by atoms with E-state index in [1.807, 2.05) is 6.92 Å². The van der Waals surface area contributed by atoms with E-state index in [1.165, 1.54) is 11.3 Å². The molecule has 1 amide bonds. The van der Waals surface area contributed by atoms with Gasteiger partial charge in [-0.1, -0.05) is 11.8 Å². The van der Waals surface area contributed by atoms with Gasteiger partial charge in [0.15, 0.2) is 0 Å². The molecule has 1 saturated heterocycles. The Morgan fingerprint density at radius 2 is 2.26 bits per heavy atom. The molecule has 0 radical (unpaired) electrons. The van der Waals surface area contributed by atoms with Crippen LogP contribution >= 0.6 is 11.3 Å². The molecule has 5 heteroatoms. The topological polar surface area (TPSA) is 58.6 Å². The minimum atomic E-state index is -0.184. The Hall–Kier alpha value is -1.35. The molecule has 2 N–H and O–H groups in total. The van der Waals surface area contributed by atoms with Crippen molar-refractivity contribution < 1.29 is 14.6 Å². The predicted octanol–water partition coefficient (Wildman–Crippen LogP) is 1.39. The van der Waals surface area contributed by atoms with Gasteiger partial charge in [0.2, 0.25) is 0 Å². The number of hydrogen-bond donors (Lipinski definition) is 2. The lowest BCUT2D eigenvalue weighted by atomic mass is 9.92. The number of hydrogen-bond acceptors (Lipinski definition) is 4. The first-order chi connectivity index (χ1) is 9.13. The summed E-state index contributed by atoms with van der Waals surface area (Å²) in [5.41, 5.74) is -0.184. The van der Waals surface area contributed by atoms with Crippen molar-refractivity contribution in [1.29, 1.82) is 0 Å². The Morgan fingerprint density at radius 3 is 2.95 bits per heavy atom. The highest BCUT2D eigenvalue weighted by atomic mass is 32.1. The summed E-state index contributed by atoms with van der Waals surface area (Å²) >= 11 is 1.34. The van der Waals surface area contributed by atoms with Crippen molar-refractivity contribution in [1.82, 2.24) is 5.32 Å². The van der Waals surface area contributed by atoms with Gasteiger partial charge in [0.1, 0.15) is 6.61 Å². The number of carbonyl (C=O) groups excluding carboxylic acids is 1. The van der Waals surface area contributed by atoms with Crippen molar-refractivity contribution in [3.8, 4) is 11.8 Å². The molecule has 1 aromatic heterocycles. The first-order valence-electron chi connectivity index (χ1n) is 6.23. The van der Waals surface area contributed by atoms with Gasteiger partial charge in [-0.2, -0.15) is 0 Å². The molecular formula is C14H17NO3S. The second-order valence-corrected chi connectivity index (χ2v) is 5.83. The van der Waals surface area contributed by atoms with E-state index in [9.17, 15) is 4.79 Å². The van der Waals surface area contributed by atoms with Crippen LogP contribution < -0.4 is 5.32 Å². The highest BCUT2D eigenvalue weighted by Crippen LogP contribution is 2.22. The van der Waals surface area contributed by atoms with Crippen molar-refractivity contribution in [2.75, 3.05) is 19.8 Å². The molecular weight excluding hydrogens is 262 g/mol. The Balaban J connectivity index is 2.01. The molecule has 1 aliphatic heterocycles. The van der Waals surface area contributed by atoms with E-state index in [0.717, 1.165) is 17.7 Å². The summed E-state index contributed by atoms with van der Waals surface area (Å²) in [4.78, 5) is 13.6. The first kappa shape index (κ1) is 14.1. The van der Waals surface area contributed by atoms with E-state index in [1.54, 1.807) is 12.1 Å². The molecule has 0 aliphatic carbocycles. The molecule has 102 valence electrons.